The van der Waals surface area contributed by atoms with Crippen molar-refractivity contribution in [2.24, 2.45) is 0 Å². The zero-order chi connectivity index (χ0) is 25.2. The van der Waals surface area contributed by atoms with Crippen LogP contribution in [-0.2, 0) is 11.2 Å². The third-order valence-electron chi connectivity index (χ3n) is 6.87. The predicted octanol–water partition coefficient (Wildman–Crippen LogP) is 4.48. The number of ether oxygens (including phenoxy) is 2. The molecule has 2 heterocycles. The lowest BCUT2D eigenvalue weighted by Gasteiger charge is -2.30. The minimum Gasteiger partial charge on any atom is -0.493 e. The molecule has 5 rings (SSSR count). The lowest BCUT2D eigenvalue weighted by molar-refractivity contribution is -0.125. The van der Waals surface area contributed by atoms with Crippen LogP contribution < -0.4 is 14.8 Å². The Kier molecular flexibility index (Phi) is 6.38. The minimum atomic E-state index is -0.658. The first-order valence-corrected chi connectivity index (χ1v) is 12.0. The Hall–Kier alpha value is -4.26. The zero-order valence-electron chi connectivity index (χ0n) is 20.6. The van der Waals surface area contributed by atoms with E-state index in [2.05, 4.69) is 10.3 Å². The van der Waals surface area contributed by atoms with E-state index in [9.17, 15) is 9.59 Å². The number of nitrogens with zero attached hydrogens (tertiary/aromatic N) is 1. The largest absolute Gasteiger partial charge is 0.493 e. The van der Waals surface area contributed by atoms with Crippen LogP contribution in [0, 0.1) is 0 Å². The van der Waals surface area contributed by atoms with Crippen LogP contribution in [0.4, 0.5) is 0 Å². The van der Waals surface area contributed by atoms with Gasteiger partial charge in [0.2, 0.25) is 5.91 Å². The molecule has 7 heteroatoms. The van der Waals surface area contributed by atoms with Crippen molar-refractivity contribution in [2.45, 2.75) is 25.4 Å². The second-order valence-electron chi connectivity index (χ2n) is 8.90. The third-order valence-corrected chi connectivity index (χ3v) is 6.87. The molecule has 2 atom stereocenters. The van der Waals surface area contributed by atoms with Gasteiger partial charge < -0.3 is 24.7 Å². The van der Waals surface area contributed by atoms with Crippen molar-refractivity contribution in [3.05, 3.63) is 95.2 Å². The molecule has 1 aliphatic rings. The van der Waals surface area contributed by atoms with Gasteiger partial charge in [-0.2, -0.15) is 0 Å². The van der Waals surface area contributed by atoms with Crippen LogP contribution in [0.3, 0.4) is 0 Å². The zero-order valence-corrected chi connectivity index (χ0v) is 20.6. The monoisotopic (exact) mass is 483 g/mol. The number of rotatable bonds is 8. The summed E-state index contributed by atoms with van der Waals surface area (Å²) in [6.07, 6.45) is 2.57. The first-order chi connectivity index (χ1) is 17.5. The maximum atomic E-state index is 13.5. The second-order valence-corrected chi connectivity index (χ2v) is 8.90. The molecule has 184 valence electrons. The highest BCUT2D eigenvalue weighted by molar-refractivity contribution is 6.03. The Morgan fingerprint density at radius 2 is 1.75 bits per heavy atom. The number of H-pyrrole nitrogens is 1. The summed E-state index contributed by atoms with van der Waals surface area (Å²) in [6.45, 7) is 2.22. The van der Waals surface area contributed by atoms with E-state index in [4.69, 9.17) is 9.47 Å². The van der Waals surface area contributed by atoms with E-state index < -0.39 is 6.04 Å². The first kappa shape index (κ1) is 23.5. The van der Waals surface area contributed by atoms with E-state index >= 15 is 0 Å². The molecule has 0 saturated carbocycles. The summed E-state index contributed by atoms with van der Waals surface area (Å²) in [5.74, 6) is 0.982. The highest BCUT2D eigenvalue weighted by Gasteiger charge is 2.42. The maximum absolute atomic E-state index is 13.5. The van der Waals surface area contributed by atoms with Crippen LogP contribution in [0.2, 0.25) is 0 Å². The van der Waals surface area contributed by atoms with Gasteiger partial charge in [0, 0.05) is 34.8 Å². The van der Waals surface area contributed by atoms with Gasteiger partial charge in [0.05, 0.1) is 20.3 Å². The number of para-hydroxylation sites is 1. The average Bonchev–Trinajstić information content (AvgIpc) is 3.46. The Labute approximate surface area is 210 Å². The van der Waals surface area contributed by atoms with Gasteiger partial charge in [-0.3, -0.25) is 9.59 Å². The van der Waals surface area contributed by atoms with E-state index in [0.29, 0.717) is 30.0 Å². The van der Waals surface area contributed by atoms with E-state index in [0.717, 1.165) is 27.6 Å². The van der Waals surface area contributed by atoms with Gasteiger partial charge in [0.25, 0.3) is 5.91 Å². The molecule has 2 amide bonds. The predicted molar refractivity (Wildman–Crippen MR) is 138 cm³/mol. The van der Waals surface area contributed by atoms with Gasteiger partial charge in [-0.1, -0.05) is 42.5 Å². The van der Waals surface area contributed by atoms with Gasteiger partial charge in [-0.05, 0) is 48.7 Å². The van der Waals surface area contributed by atoms with Gasteiger partial charge in [0.15, 0.2) is 11.5 Å². The van der Waals surface area contributed by atoms with Gasteiger partial charge >= 0.3 is 0 Å². The van der Waals surface area contributed by atoms with E-state index in [-0.39, 0.29) is 17.9 Å². The fourth-order valence-corrected chi connectivity index (χ4v) is 5.01. The van der Waals surface area contributed by atoms with Gasteiger partial charge in [0.1, 0.15) is 6.04 Å². The van der Waals surface area contributed by atoms with Crippen molar-refractivity contribution < 1.29 is 19.1 Å². The van der Waals surface area contributed by atoms with Crippen LogP contribution in [0.5, 0.6) is 11.5 Å². The standard InChI is InChI=1S/C29H29N3O4/c1-18(28(33)30-15-14-19-12-13-25(35-2)26(16-19)36-3)32-27(21-9-4-5-10-22(21)29(32)34)23-17-31-24-11-7-6-8-20(23)24/h4-13,16-18,27,31H,14-15H2,1-3H3,(H,30,33). The summed E-state index contributed by atoms with van der Waals surface area (Å²) in [5.41, 5.74) is 4.54. The number of carbonyl (C=O) groups is 2. The molecular weight excluding hydrogens is 454 g/mol. The lowest BCUT2D eigenvalue weighted by atomic mass is 9.97. The van der Waals surface area contributed by atoms with Gasteiger partial charge in [-0.15, -0.1) is 0 Å². The Morgan fingerprint density at radius 3 is 2.56 bits per heavy atom. The average molecular weight is 484 g/mol. The van der Waals surface area contributed by atoms with Crippen molar-refractivity contribution in [1.29, 1.82) is 0 Å². The second kappa shape index (κ2) is 9.77. The molecule has 7 nitrogen and oxygen atoms in total. The summed E-state index contributed by atoms with van der Waals surface area (Å²) in [6, 6.07) is 20.3. The fourth-order valence-electron chi connectivity index (χ4n) is 5.01. The number of hydrogen-bond donors (Lipinski definition) is 2. The summed E-state index contributed by atoms with van der Waals surface area (Å²) in [7, 11) is 3.20. The van der Waals surface area contributed by atoms with Crippen LogP contribution >= 0.6 is 0 Å². The normalized spacial score (nSPS) is 15.6. The molecule has 4 aromatic rings. The summed E-state index contributed by atoms with van der Waals surface area (Å²) < 4.78 is 10.7. The molecule has 3 aromatic carbocycles. The molecule has 0 fully saturated rings. The molecule has 0 radical (unpaired) electrons. The molecule has 36 heavy (non-hydrogen) atoms. The number of nitrogens with one attached hydrogen (secondary N) is 2. The highest BCUT2D eigenvalue weighted by Crippen LogP contribution is 2.42. The van der Waals surface area contributed by atoms with Crippen molar-refractivity contribution in [3.63, 3.8) is 0 Å². The number of fused-ring (bicyclic) bond motifs is 2. The quantitative estimate of drug-likeness (QED) is 0.387. The third kappa shape index (κ3) is 4.06. The Morgan fingerprint density at radius 1 is 1.00 bits per heavy atom. The van der Waals surface area contributed by atoms with Crippen LogP contribution in [0.25, 0.3) is 10.9 Å². The number of hydrogen-bond acceptors (Lipinski definition) is 4. The first-order valence-electron chi connectivity index (χ1n) is 12.0. The van der Waals surface area contributed by atoms with E-state index in [1.165, 1.54) is 0 Å². The summed E-state index contributed by atoms with van der Waals surface area (Å²) in [4.78, 5) is 31.8. The van der Waals surface area contributed by atoms with Crippen molar-refractivity contribution in [2.75, 3.05) is 20.8 Å². The van der Waals surface area contributed by atoms with E-state index in [1.54, 1.807) is 26.0 Å². The van der Waals surface area contributed by atoms with Crippen molar-refractivity contribution in [3.8, 4) is 11.5 Å². The maximum Gasteiger partial charge on any atom is 0.255 e. The molecule has 0 saturated heterocycles. The summed E-state index contributed by atoms with van der Waals surface area (Å²) >= 11 is 0. The number of amides is 2. The number of benzene rings is 3. The minimum absolute atomic E-state index is 0.136. The number of carbonyl (C=O) groups excluding carboxylic acids is 2. The van der Waals surface area contributed by atoms with Crippen molar-refractivity contribution in [1.82, 2.24) is 15.2 Å². The van der Waals surface area contributed by atoms with Crippen LogP contribution in [-0.4, -0.2) is 48.5 Å². The number of aromatic nitrogens is 1. The topological polar surface area (TPSA) is 83.7 Å². The van der Waals surface area contributed by atoms with Gasteiger partial charge in [-0.25, -0.2) is 0 Å². The highest BCUT2D eigenvalue weighted by atomic mass is 16.5. The van der Waals surface area contributed by atoms with Crippen LogP contribution in [0.1, 0.15) is 40.0 Å². The fraction of sp³-hybridized carbons (Fsp3) is 0.241. The summed E-state index contributed by atoms with van der Waals surface area (Å²) in [5, 5.41) is 4.05. The molecule has 0 spiro atoms. The molecule has 2 unspecified atom stereocenters. The smallest absolute Gasteiger partial charge is 0.255 e. The Balaban J connectivity index is 1.36. The molecule has 0 bridgehead atoms. The molecule has 2 N–H and O–H groups in total. The van der Waals surface area contributed by atoms with Crippen molar-refractivity contribution >= 4 is 22.7 Å². The molecule has 1 aromatic heterocycles. The Bertz CT molecular complexity index is 1430. The number of methoxy groups -OCH3 is 2. The van der Waals surface area contributed by atoms with Crippen LogP contribution in [0.15, 0.2) is 72.9 Å². The van der Waals surface area contributed by atoms with E-state index in [1.807, 2.05) is 72.9 Å². The lowest BCUT2D eigenvalue weighted by Crippen LogP contribution is -2.47. The number of aromatic amines is 1. The molecule has 1 aliphatic heterocycles. The SMILES string of the molecule is COc1ccc(CCNC(=O)C(C)N2C(=O)c3ccccc3C2c2c[nH]c3ccccc23)cc1OC. The molecule has 0 aliphatic carbocycles. The molecular formula is C29H29N3O4.